The maximum atomic E-state index is 5.46. The standard InChI is InChI=1S/C17H19N3O/c1-3-18-14-7-10-17-19-16(12-20(17)11-14)13-5-8-15(9-6-13)21-4-2/h5-12,18H,3-4H2,1-2H3. The molecule has 108 valence electrons. The molecule has 0 saturated heterocycles. The van der Waals surface area contributed by atoms with Gasteiger partial charge in [0.2, 0.25) is 0 Å². The van der Waals surface area contributed by atoms with Gasteiger partial charge in [-0.25, -0.2) is 4.98 Å². The van der Waals surface area contributed by atoms with E-state index in [-0.39, 0.29) is 0 Å². The Morgan fingerprint density at radius 1 is 1.05 bits per heavy atom. The monoisotopic (exact) mass is 281 g/mol. The van der Waals surface area contributed by atoms with Gasteiger partial charge in [-0.15, -0.1) is 0 Å². The van der Waals surface area contributed by atoms with Crippen molar-refractivity contribution in [2.75, 3.05) is 18.5 Å². The first-order chi connectivity index (χ1) is 10.3. The lowest BCUT2D eigenvalue weighted by Gasteiger charge is -2.03. The minimum atomic E-state index is 0.681. The summed E-state index contributed by atoms with van der Waals surface area (Å²) in [6, 6.07) is 12.1. The average Bonchev–Trinajstić information content (AvgIpc) is 2.92. The fourth-order valence-electron chi connectivity index (χ4n) is 2.33. The molecule has 0 atom stereocenters. The number of pyridine rings is 1. The molecule has 0 amide bonds. The molecule has 0 fully saturated rings. The van der Waals surface area contributed by atoms with Crippen LogP contribution in [0.4, 0.5) is 5.69 Å². The molecule has 0 aliphatic rings. The van der Waals surface area contributed by atoms with Crippen molar-refractivity contribution in [2.45, 2.75) is 13.8 Å². The fraction of sp³-hybridized carbons (Fsp3) is 0.235. The molecule has 4 nitrogen and oxygen atoms in total. The molecule has 0 unspecified atom stereocenters. The Hall–Kier alpha value is -2.49. The minimum absolute atomic E-state index is 0.681. The van der Waals surface area contributed by atoms with Crippen LogP contribution in [0.25, 0.3) is 16.9 Å². The Bertz CT molecular complexity index is 731. The number of rotatable bonds is 5. The lowest BCUT2D eigenvalue weighted by molar-refractivity contribution is 0.340. The summed E-state index contributed by atoms with van der Waals surface area (Å²) in [7, 11) is 0. The molecule has 21 heavy (non-hydrogen) atoms. The van der Waals surface area contributed by atoms with Crippen molar-refractivity contribution in [1.29, 1.82) is 0 Å². The second-order valence-electron chi connectivity index (χ2n) is 4.80. The van der Waals surface area contributed by atoms with E-state index in [9.17, 15) is 0 Å². The molecule has 2 aromatic heterocycles. The maximum Gasteiger partial charge on any atom is 0.137 e. The van der Waals surface area contributed by atoms with Crippen LogP contribution in [0.15, 0.2) is 48.8 Å². The molecular weight excluding hydrogens is 262 g/mol. The van der Waals surface area contributed by atoms with Gasteiger partial charge in [0.1, 0.15) is 11.4 Å². The van der Waals surface area contributed by atoms with Gasteiger partial charge in [-0.3, -0.25) is 0 Å². The number of benzene rings is 1. The zero-order valence-electron chi connectivity index (χ0n) is 12.3. The summed E-state index contributed by atoms with van der Waals surface area (Å²) < 4.78 is 7.51. The zero-order chi connectivity index (χ0) is 14.7. The van der Waals surface area contributed by atoms with Crippen LogP contribution >= 0.6 is 0 Å². The van der Waals surface area contributed by atoms with Crippen LogP contribution in [0, 0.1) is 0 Å². The molecule has 0 bridgehead atoms. The molecule has 1 aromatic carbocycles. The Morgan fingerprint density at radius 3 is 2.57 bits per heavy atom. The SMILES string of the molecule is CCNc1ccc2nc(-c3ccc(OCC)cc3)cn2c1. The van der Waals surface area contributed by atoms with Gasteiger partial charge in [-0.05, 0) is 50.2 Å². The van der Waals surface area contributed by atoms with Crippen LogP contribution < -0.4 is 10.1 Å². The molecule has 4 heteroatoms. The number of fused-ring (bicyclic) bond motifs is 1. The third-order valence-corrected chi connectivity index (χ3v) is 3.29. The largest absolute Gasteiger partial charge is 0.494 e. The number of aromatic nitrogens is 2. The molecule has 0 spiro atoms. The Labute approximate surface area is 124 Å². The normalized spacial score (nSPS) is 10.8. The van der Waals surface area contributed by atoms with E-state index in [4.69, 9.17) is 4.74 Å². The average molecular weight is 281 g/mol. The summed E-state index contributed by atoms with van der Waals surface area (Å²) in [4.78, 5) is 4.65. The van der Waals surface area contributed by atoms with Gasteiger partial charge in [0.15, 0.2) is 0 Å². The smallest absolute Gasteiger partial charge is 0.137 e. The van der Waals surface area contributed by atoms with E-state index in [1.165, 1.54) is 0 Å². The van der Waals surface area contributed by atoms with Gasteiger partial charge in [0, 0.05) is 24.5 Å². The summed E-state index contributed by atoms with van der Waals surface area (Å²) in [5.74, 6) is 0.888. The van der Waals surface area contributed by atoms with Crippen molar-refractivity contribution in [3.05, 3.63) is 48.8 Å². The Balaban J connectivity index is 1.92. The highest BCUT2D eigenvalue weighted by atomic mass is 16.5. The first-order valence-corrected chi connectivity index (χ1v) is 7.26. The highest BCUT2D eigenvalue weighted by Gasteiger charge is 2.05. The van der Waals surface area contributed by atoms with Crippen LogP contribution in [0.3, 0.4) is 0 Å². The van der Waals surface area contributed by atoms with E-state index in [2.05, 4.69) is 23.4 Å². The number of ether oxygens (including phenoxy) is 1. The lowest BCUT2D eigenvalue weighted by atomic mass is 10.2. The van der Waals surface area contributed by atoms with Gasteiger partial charge < -0.3 is 14.5 Å². The molecule has 2 heterocycles. The Kier molecular flexibility index (Phi) is 3.77. The fourth-order valence-corrected chi connectivity index (χ4v) is 2.33. The van der Waals surface area contributed by atoms with E-state index in [0.717, 1.165) is 34.9 Å². The molecule has 3 rings (SSSR count). The van der Waals surface area contributed by atoms with Crippen molar-refractivity contribution in [2.24, 2.45) is 0 Å². The predicted molar refractivity (Wildman–Crippen MR) is 86.0 cm³/mol. The molecule has 0 radical (unpaired) electrons. The highest BCUT2D eigenvalue weighted by Crippen LogP contribution is 2.23. The Morgan fingerprint density at radius 2 is 1.86 bits per heavy atom. The minimum Gasteiger partial charge on any atom is -0.494 e. The summed E-state index contributed by atoms with van der Waals surface area (Å²) in [5.41, 5.74) is 4.10. The van der Waals surface area contributed by atoms with Crippen LogP contribution in [-0.4, -0.2) is 22.5 Å². The molecule has 0 aliphatic carbocycles. The van der Waals surface area contributed by atoms with Crippen molar-refractivity contribution in [1.82, 2.24) is 9.38 Å². The summed E-state index contributed by atoms with van der Waals surface area (Å²) in [6.07, 6.45) is 4.11. The van der Waals surface area contributed by atoms with Gasteiger partial charge in [0.25, 0.3) is 0 Å². The number of hydrogen-bond donors (Lipinski definition) is 1. The van der Waals surface area contributed by atoms with E-state index >= 15 is 0 Å². The van der Waals surface area contributed by atoms with Crippen LogP contribution in [0.2, 0.25) is 0 Å². The molecule has 1 N–H and O–H groups in total. The van der Waals surface area contributed by atoms with Crippen molar-refractivity contribution in [3.63, 3.8) is 0 Å². The molecule has 0 saturated carbocycles. The van der Waals surface area contributed by atoms with E-state index in [1.807, 2.05) is 53.9 Å². The number of nitrogens with one attached hydrogen (secondary N) is 1. The van der Waals surface area contributed by atoms with Crippen LogP contribution in [0.5, 0.6) is 5.75 Å². The third kappa shape index (κ3) is 2.84. The third-order valence-electron chi connectivity index (χ3n) is 3.29. The van der Waals surface area contributed by atoms with Crippen molar-refractivity contribution in [3.8, 4) is 17.0 Å². The summed E-state index contributed by atoms with van der Waals surface area (Å²) in [6.45, 7) is 5.66. The molecular formula is C17H19N3O. The van der Waals surface area contributed by atoms with Gasteiger partial charge >= 0.3 is 0 Å². The lowest BCUT2D eigenvalue weighted by Crippen LogP contribution is -1.97. The summed E-state index contributed by atoms with van der Waals surface area (Å²) >= 11 is 0. The zero-order valence-corrected chi connectivity index (χ0v) is 12.3. The van der Waals surface area contributed by atoms with Gasteiger partial charge in [-0.1, -0.05) is 0 Å². The van der Waals surface area contributed by atoms with Crippen molar-refractivity contribution < 1.29 is 4.74 Å². The first-order valence-electron chi connectivity index (χ1n) is 7.26. The highest BCUT2D eigenvalue weighted by molar-refractivity contribution is 5.64. The molecule has 0 aliphatic heterocycles. The second-order valence-corrected chi connectivity index (χ2v) is 4.80. The number of nitrogens with zero attached hydrogens (tertiary/aromatic N) is 2. The first kappa shape index (κ1) is 13.5. The van der Waals surface area contributed by atoms with E-state index < -0.39 is 0 Å². The molecule has 3 aromatic rings. The number of hydrogen-bond acceptors (Lipinski definition) is 3. The van der Waals surface area contributed by atoms with E-state index in [0.29, 0.717) is 6.61 Å². The maximum absolute atomic E-state index is 5.46. The summed E-state index contributed by atoms with van der Waals surface area (Å²) in [5, 5.41) is 3.31. The van der Waals surface area contributed by atoms with Crippen molar-refractivity contribution >= 4 is 11.3 Å². The van der Waals surface area contributed by atoms with Gasteiger partial charge in [-0.2, -0.15) is 0 Å². The van der Waals surface area contributed by atoms with Crippen LogP contribution in [0.1, 0.15) is 13.8 Å². The number of anilines is 1. The number of imidazole rings is 1. The van der Waals surface area contributed by atoms with Crippen LogP contribution in [-0.2, 0) is 0 Å². The second kappa shape index (κ2) is 5.87. The quantitative estimate of drug-likeness (QED) is 0.772. The van der Waals surface area contributed by atoms with Gasteiger partial charge in [0.05, 0.1) is 18.0 Å². The topological polar surface area (TPSA) is 38.6 Å². The van der Waals surface area contributed by atoms with E-state index in [1.54, 1.807) is 0 Å². The predicted octanol–water partition coefficient (Wildman–Crippen LogP) is 3.83.